The smallest absolute Gasteiger partial charge is 0.350 e. The summed E-state index contributed by atoms with van der Waals surface area (Å²) < 4.78 is 21.5. The van der Waals surface area contributed by atoms with Crippen molar-refractivity contribution >= 4 is 13.6 Å². The highest BCUT2D eigenvalue weighted by Crippen LogP contribution is 2.36. The van der Waals surface area contributed by atoms with Crippen LogP contribution < -0.4 is 0 Å². The lowest BCUT2D eigenvalue weighted by molar-refractivity contribution is -0.141. The Labute approximate surface area is 175 Å². The molecule has 0 amide bonds. The first-order valence-corrected chi connectivity index (χ1v) is 11.1. The van der Waals surface area contributed by atoms with Gasteiger partial charge in [-0.1, -0.05) is 48.6 Å². The van der Waals surface area contributed by atoms with Gasteiger partial charge in [0.25, 0.3) is 0 Å². The Balaban J connectivity index is 2.83. The molecular weight excluding hydrogens is 415 g/mol. The van der Waals surface area contributed by atoms with Crippen molar-refractivity contribution in [3.05, 3.63) is 60.8 Å². The number of allylic oxidation sites excluding steroid dienone is 4. The summed E-state index contributed by atoms with van der Waals surface area (Å²) in [6.07, 6.45) is 11.6. The molecule has 1 rings (SSSR count). The molecule has 9 nitrogen and oxygen atoms in total. The molecule has 0 radical (unpaired) electrons. The summed E-state index contributed by atoms with van der Waals surface area (Å²) >= 11 is 0. The third kappa shape index (κ3) is 11.4. The van der Waals surface area contributed by atoms with Crippen molar-refractivity contribution < 1.29 is 43.9 Å². The first-order chi connectivity index (χ1) is 14.0. The van der Waals surface area contributed by atoms with Crippen molar-refractivity contribution in [2.45, 2.75) is 43.7 Å². The van der Waals surface area contributed by atoms with E-state index in [1.54, 1.807) is 30.4 Å². The van der Waals surface area contributed by atoms with Crippen LogP contribution in [0.3, 0.4) is 0 Å². The van der Waals surface area contributed by atoms with Gasteiger partial charge in [0.15, 0.2) is 0 Å². The van der Waals surface area contributed by atoms with Crippen LogP contribution >= 0.6 is 7.60 Å². The summed E-state index contributed by atoms with van der Waals surface area (Å²) in [7, 11) is -4.50. The van der Waals surface area contributed by atoms with Gasteiger partial charge in [-0.25, -0.2) is 4.79 Å². The second-order valence-corrected chi connectivity index (χ2v) is 8.42. The van der Waals surface area contributed by atoms with Crippen molar-refractivity contribution in [1.29, 1.82) is 0 Å². The SMILES string of the molecule is C[C@@](O)(/C=C/[C@H]1CC=CC(=O)O1)[C@@H](C[C@@H](O)\C=C/C=C\C=C\CO)OCP(=O)(O)O. The van der Waals surface area contributed by atoms with Gasteiger partial charge >= 0.3 is 13.6 Å². The maximum Gasteiger partial charge on any atom is 0.350 e. The quantitative estimate of drug-likeness (QED) is 0.129. The number of aliphatic hydroxyl groups is 3. The van der Waals surface area contributed by atoms with Gasteiger partial charge in [-0.2, -0.15) is 0 Å². The molecule has 0 unspecified atom stereocenters. The van der Waals surface area contributed by atoms with Crippen LogP contribution in [0.1, 0.15) is 19.8 Å². The van der Waals surface area contributed by atoms with E-state index in [0.717, 1.165) is 0 Å². The summed E-state index contributed by atoms with van der Waals surface area (Å²) in [6, 6.07) is 0. The Morgan fingerprint density at radius 1 is 1.33 bits per heavy atom. The molecule has 0 spiro atoms. The second kappa shape index (κ2) is 12.8. The van der Waals surface area contributed by atoms with E-state index in [9.17, 15) is 19.6 Å². The van der Waals surface area contributed by atoms with Crippen LogP contribution in [0.15, 0.2) is 60.8 Å². The zero-order valence-corrected chi connectivity index (χ0v) is 17.5. The molecule has 0 aromatic heterocycles. The third-order valence-electron chi connectivity index (χ3n) is 4.00. The van der Waals surface area contributed by atoms with Gasteiger partial charge < -0.3 is 34.6 Å². The molecule has 0 aromatic rings. The number of hydrogen-bond donors (Lipinski definition) is 5. The molecule has 1 heterocycles. The predicted octanol–water partition coefficient (Wildman–Crippen LogP) is 1.10. The average Bonchev–Trinajstić information content (AvgIpc) is 2.65. The van der Waals surface area contributed by atoms with Crippen molar-refractivity contribution in [3.63, 3.8) is 0 Å². The number of aliphatic hydroxyl groups excluding tert-OH is 2. The first kappa shape index (κ1) is 26.2. The highest BCUT2D eigenvalue weighted by molar-refractivity contribution is 7.51. The van der Waals surface area contributed by atoms with E-state index < -0.39 is 43.8 Å². The maximum absolute atomic E-state index is 11.3. The number of ether oxygens (including phenoxy) is 2. The fraction of sp³-hybridized carbons (Fsp3) is 0.450. The normalized spacial score (nSPS) is 22.2. The van der Waals surface area contributed by atoms with E-state index in [4.69, 9.17) is 24.4 Å². The molecule has 0 saturated carbocycles. The molecular formula is C20H29O9P. The van der Waals surface area contributed by atoms with Crippen molar-refractivity contribution in [3.8, 4) is 0 Å². The van der Waals surface area contributed by atoms with E-state index in [1.165, 1.54) is 37.3 Å². The molecule has 0 fully saturated rings. The zero-order valence-electron chi connectivity index (χ0n) is 16.7. The number of hydrogen-bond acceptors (Lipinski definition) is 7. The molecule has 0 aliphatic carbocycles. The lowest BCUT2D eigenvalue weighted by Gasteiger charge is -2.32. The molecule has 1 aliphatic heterocycles. The minimum atomic E-state index is -4.50. The fourth-order valence-corrected chi connectivity index (χ4v) is 2.86. The van der Waals surface area contributed by atoms with Gasteiger partial charge in [0.05, 0.1) is 18.8 Å². The third-order valence-corrected chi connectivity index (χ3v) is 4.48. The van der Waals surface area contributed by atoms with E-state index in [2.05, 4.69) is 0 Å². The lowest BCUT2D eigenvalue weighted by atomic mass is 9.92. The Bertz CT molecular complexity index is 731. The molecule has 0 bridgehead atoms. The molecule has 0 aromatic carbocycles. The molecule has 5 N–H and O–H groups in total. The van der Waals surface area contributed by atoms with Crippen molar-refractivity contribution in [2.75, 3.05) is 13.0 Å². The standard InChI is InChI=1S/C20H29O9P/c1-20(24,12-11-17-9-7-10-19(23)29-17)18(28-15-30(25,26)27)14-16(22)8-5-3-2-4-6-13-21/h2-8,10-12,16-18,21-22,24H,9,13-15H2,1H3,(H2,25,26,27)/b3-2-,6-4+,8-5-,12-11+/t16-,17+,18+,20+/m0/s1. The summed E-state index contributed by atoms with van der Waals surface area (Å²) in [5.41, 5.74) is -1.71. The molecule has 168 valence electrons. The minimum absolute atomic E-state index is 0.0891. The molecule has 4 atom stereocenters. The van der Waals surface area contributed by atoms with E-state index in [-0.39, 0.29) is 13.0 Å². The fourth-order valence-electron chi connectivity index (χ4n) is 2.48. The van der Waals surface area contributed by atoms with E-state index in [1.807, 2.05) is 0 Å². The van der Waals surface area contributed by atoms with E-state index in [0.29, 0.717) is 6.42 Å². The van der Waals surface area contributed by atoms with Gasteiger partial charge in [-0.15, -0.1) is 0 Å². The van der Waals surface area contributed by atoms with Gasteiger partial charge in [-0.3, -0.25) is 4.57 Å². The Morgan fingerprint density at radius 3 is 2.67 bits per heavy atom. The predicted molar refractivity (Wildman–Crippen MR) is 110 cm³/mol. The summed E-state index contributed by atoms with van der Waals surface area (Å²) in [5, 5.41) is 29.6. The maximum atomic E-state index is 11.3. The minimum Gasteiger partial charge on any atom is -0.455 e. The number of carbonyl (C=O) groups excluding carboxylic acids is 1. The first-order valence-electron chi connectivity index (χ1n) is 9.27. The summed E-state index contributed by atoms with van der Waals surface area (Å²) in [6.45, 7) is 1.28. The summed E-state index contributed by atoms with van der Waals surface area (Å²) in [4.78, 5) is 29.5. The van der Waals surface area contributed by atoms with Crippen LogP contribution in [0, 0.1) is 0 Å². The Morgan fingerprint density at radius 2 is 2.03 bits per heavy atom. The number of cyclic esters (lactones) is 1. The highest BCUT2D eigenvalue weighted by Gasteiger charge is 2.34. The van der Waals surface area contributed by atoms with Gasteiger partial charge in [-0.05, 0) is 13.0 Å². The Kier molecular flexibility index (Phi) is 11.1. The van der Waals surface area contributed by atoms with Crippen LogP contribution in [0.5, 0.6) is 0 Å². The van der Waals surface area contributed by atoms with Crippen molar-refractivity contribution in [1.82, 2.24) is 0 Å². The molecule has 1 aliphatic rings. The topological polar surface area (TPSA) is 154 Å². The number of rotatable bonds is 12. The number of esters is 1. The Hall–Kier alpha value is -1.84. The van der Waals surface area contributed by atoms with Crippen LogP contribution in [0.25, 0.3) is 0 Å². The largest absolute Gasteiger partial charge is 0.455 e. The van der Waals surface area contributed by atoms with E-state index >= 15 is 0 Å². The molecule has 0 saturated heterocycles. The summed E-state index contributed by atoms with van der Waals surface area (Å²) in [5.74, 6) is -0.507. The van der Waals surface area contributed by atoms with Crippen LogP contribution in [0.4, 0.5) is 0 Å². The highest BCUT2D eigenvalue weighted by atomic mass is 31.2. The van der Waals surface area contributed by atoms with Crippen molar-refractivity contribution in [2.24, 2.45) is 0 Å². The van der Waals surface area contributed by atoms with Crippen LogP contribution in [-0.4, -0.2) is 67.9 Å². The molecule has 10 heteroatoms. The van der Waals surface area contributed by atoms with Crippen LogP contribution in [-0.2, 0) is 18.8 Å². The monoisotopic (exact) mass is 444 g/mol. The van der Waals surface area contributed by atoms with Crippen LogP contribution in [0.2, 0.25) is 0 Å². The van der Waals surface area contributed by atoms with Gasteiger partial charge in [0.1, 0.15) is 18.1 Å². The number of carbonyl (C=O) groups is 1. The zero-order chi connectivity index (χ0) is 22.6. The lowest BCUT2D eigenvalue weighted by Crippen LogP contribution is -2.42. The van der Waals surface area contributed by atoms with Gasteiger partial charge in [0.2, 0.25) is 0 Å². The average molecular weight is 444 g/mol. The second-order valence-electron chi connectivity index (χ2n) is 6.83. The van der Waals surface area contributed by atoms with Gasteiger partial charge in [0, 0.05) is 18.9 Å². The molecule has 30 heavy (non-hydrogen) atoms.